The van der Waals surface area contributed by atoms with Crippen LogP contribution in [0.4, 0.5) is 4.39 Å². The summed E-state index contributed by atoms with van der Waals surface area (Å²) in [7, 11) is 1.17. The van der Waals surface area contributed by atoms with E-state index in [0.29, 0.717) is 5.56 Å². The molecule has 0 spiro atoms. The summed E-state index contributed by atoms with van der Waals surface area (Å²) in [6.45, 7) is 1.37. The van der Waals surface area contributed by atoms with Gasteiger partial charge in [-0.3, -0.25) is 4.79 Å². The zero-order chi connectivity index (χ0) is 14.4. The highest BCUT2D eigenvalue weighted by Gasteiger charge is 2.26. The Bertz CT molecular complexity index is 444. The van der Waals surface area contributed by atoms with Gasteiger partial charge < -0.3 is 15.2 Å². The van der Waals surface area contributed by atoms with E-state index < -0.39 is 24.0 Å². The Labute approximate surface area is 110 Å². The molecular formula is C13H16FNO4. The van der Waals surface area contributed by atoms with Crippen LogP contribution in [0.2, 0.25) is 0 Å². The summed E-state index contributed by atoms with van der Waals surface area (Å²) in [5.74, 6) is -1.56. The predicted molar refractivity (Wildman–Crippen MR) is 65.7 cm³/mol. The molecule has 1 amide bonds. The maximum absolute atomic E-state index is 12.7. The minimum Gasteiger partial charge on any atom is -0.467 e. The zero-order valence-corrected chi connectivity index (χ0v) is 10.7. The van der Waals surface area contributed by atoms with Crippen molar-refractivity contribution in [1.29, 1.82) is 0 Å². The van der Waals surface area contributed by atoms with E-state index in [0.717, 1.165) is 0 Å². The molecule has 0 unspecified atom stereocenters. The maximum Gasteiger partial charge on any atom is 0.331 e. The van der Waals surface area contributed by atoms with E-state index in [1.54, 1.807) is 0 Å². The van der Waals surface area contributed by atoms with Crippen LogP contribution in [0.5, 0.6) is 0 Å². The molecule has 0 fully saturated rings. The maximum atomic E-state index is 12.7. The van der Waals surface area contributed by atoms with Crippen molar-refractivity contribution in [2.45, 2.75) is 25.5 Å². The standard InChI is InChI=1S/C13H16FNO4/c1-8(16)12(13(18)19-2)15-11(17)7-9-3-5-10(14)6-4-9/h3-6,8,12,16H,7H2,1-2H3,(H,15,17)/t8-,12-/m1/s1. The quantitative estimate of drug-likeness (QED) is 0.759. The number of aliphatic hydroxyl groups is 1. The molecule has 104 valence electrons. The summed E-state index contributed by atoms with van der Waals surface area (Å²) in [6, 6.07) is 4.33. The van der Waals surface area contributed by atoms with Crippen LogP contribution in [-0.4, -0.2) is 36.2 Å². The molecule has 0 saturated carbocycles. The van der Waals surface area contributed by atoms with Gasteiger partial charge in [-0.15, -0.1) is 0 Å². The van der Waals surface area contributed by atoms with Crippen LogP contribution in [0.3, 0.4) is 0 Å². The first kappa shape index (κ1) is 15.1. The lowest BCUT2D eigenvalue weighted by molar-refractivity contribution is -0.148. The second kappa shape index (κ2) is 6.84. The Balaban J connectivity index is 2.62. The molecule has 0 heterocycles. The minimum absolute atomic E-state index is 0.0134. The van der Waals surface area contributed by atoms with Crippen LogP contribution < -0.4 is 5.32 Å². The number of esters is 1. The SMILES string of the molecule is COC(=O)[C@H](NC(=O)Cc1ccc(F)cc1)[C@@H](C)O. The van der Waals surface area contributed by atoms with Gasteiger partial charge in [0.2, 0.25) is 5.91 Å². The van der Waals surface area contributed by atoms with Crippen LogP contribution in [-0.2, 0) is 20.7 Å². The molecule has 0 saturated heterocycles. The van der Waals surface area contributed by atoms with Crippen LogP contribution >= 0.6 is 0 Å². The molecule has 6 heteroatoms. The number of amides is 1. The number of ether oxygens (including phenoxy) is 1. The number of carbonyl (C=O) groups excluding carboxylic acids is 2. The van der Waals surface area contributed by atoms with E-state index in [1.165, 1.54) is 38.3 Å². The highest BCUT2D eigenvalue weighted by atomic mass is 19.1. The average Bonchev–Trinajstić information content (AvgIpc) is 2.37. The van der Waals surface area contributed by atoms with E-state index in [4.69, 9.17) is 0 Å². The largest absolute Gasteiger partial charge is 0.467 e. The molecule has 0 aliphatic carbocycles. The summed E-state index contributed by atoms with van der Waals surface area (Å²) >= 11 is 0. The molecule has 0 radical (unpaired) electrons. The first-order chi connectivity index (χ1) is 8.93. The van der Waals surface area contributed by atoms with Gasteiger partial charge in [0, 0.05) is 0 Å². The number of carbonyl (C=O) groups is 2. The van der Waals surface area contributed by atoms with Crippen LogP contribution in [0.15, 0.2) is 24.3 Å². The predicted octanol–water partition coefficient (Wildman–Crippen LogP) is 0.407. The first-order valence-corrected chi connectivity index (χ1v) is 5.73. The molecule has 1 rings (SSSR count). The van der Waals surface area contributed by atoms with Crippen molar-refractivity contribution in [2.24, 2.45) is 0 Å². The number of hydrogen-bond acceptors (Lipinski definition) is 4. The summed E-state index contributed by atoms with van der Waals surface area (Å²) < 4.78 is 17.2. The van der Waals surface area contributed by atoms with E-state index in [2.05, 4.69) is 10.1 Å². The molecule has 1 aromatic carbocycles. The fourth-order valence-electron chi connectivity index (χ4n) is 1.52. The van der Waals surface area contributed by atoms with Crippen molar-refractivity contribution in [3.63, 3.8) is 0 Å². The fourth-order valence-corrected chi connectivity index (χ4v) is 1.52. The van der Waals surface area contributed by atoms with Crippen molar-refractivity contribution < 1.29 is 23.8 Å². The number of aliphatic hydroxyl groups excluding tert-OH is 1. The number of rotatable bonds is 5. The highest BCUT2D eigenvalue weighted by molar-refractivity contribution is 5.86. The Hall–Kier alpha value is -1.95. The van der Waals surface area contributed by atoms with Gasteiger partial charge in [0.25, 0.3) is 0 Å². The second-order valence-electron chi connectivity index (χ2n) is 4.11. The molecule has 1 aromatic rings. The molecule has 0 bridgehead atoms. The van der Waals surface area contributed by atoms with E-state index >= 15 is 0 Å². The lowest BCUT2D eigenvalue weighted by Crippen LogP contribution is -2.48. The van der Waals surface area contributed by atoms with Gasteiger partial charge in [0.1, 0.15) is 5.82 Å². The Morgan fingerprint density at radius 3 is 2.42 bits per heavy atom. The summed E-state index contributed by atoms with van der Waals surface area (Å²) in [6.07, 6.45) is -1.08. The van der Waals surface area contributed by atoms with Crippen molar-refractivity contribution >= 4 is 11.9 Å². The third-order valence-corrected chi connectivity index (χ3v) is 2.53. The summed E-state index contributed by atoms with van der Waals surface area (Å²) in [5.41, 5.74) is 0.605. The third kappa shape index (κ3) is 4.67. The molecule has 2 atom stereocenters. The van der Waals surface area contributed by atoms with Gasteiger partial charge in [-0.25, -0.2) is 9.18 Å². The molecular weight excluding hydrogens is 253 g/mol. The van der Waals surface area contributed by atoms with Gasteiger partial charge in [-0.05, 0) is 24.6 Å². The van der Waals surface area contributed by atoms with E-state index in [-0.39, 0.29) is 12.2 Å². The van der Waals surface area contributed by atoms with Crippen LogP contribution in [0.1, 0.15) is 12.5 Å². The second-order valence-corrected chi connectivity index (χ2v) is 4.11. The number of methoxy groups -OCH3 is 1. The van der Waals surface area contributed by atoms with Crippen molar-refractivity contribution in [1.82, 2.24) is 5.32 Å². The Morgan fingerprint density at radius 1 is 1.37 bits per heavy atom. The van der Waals surface area contributed by atoms with Gasteiger partial charge in [0.05, 0.1) is 19.6 Å². The van der Waals surface area contributed by atoms with Crippen LogP contribution in [0, 0.1) is 5.82 Å². The lowest BCUT2D eigenvalue weighted by Gasteiger charge is -2.18. The number of halogens is 1. The number of hydrogen-bond donors (Lipinski definition) is 2. The minimum atomic E-state index is -1.11. The average molecular weight is 269 g/mol. The summed E-state index contributed by atoms with van der Waals surface area (Å²) in [4.78, 5) is 23.0. The molecule has 0 aliphatic rings. The van der Waals surface area contributed by atoms with Gasteiger partial charge in [-0.2, -0.15) is 0 Å². The monoisotopic (exact) mass is 269 g/mol. The number of nitrogens with one attached hydrogen (secondary N) is 1. The van der Waals surface area contributed by atoms with Crippen LogP contribution in [0.25, 0.3) is 0 Å². The summed E-state index contributed by atoms with van der Waals surface area (Å²) in [5, 5.41) is 11.8. The Kier molecular flexibility index (Phi) is 5.44. The van der Waals surface area contributed by atoms with Gasteiger partial charge in [0.15, 0.2) is 6.04 Å². The Morgan fingerprint density at radius 2 is 1.95 bits per heavy atom. The molecule has 0 aromatic heterocycles. The molecule has 19 heavy (non-hydrogen) atoms. The highest BCUT2D eigenvalue weighted by Crippen LogP contribution is 2.04. The molecule has 5 nitrogen and oxygen atoms in total. The van der Waals surface area contributed by atoms with E-state index in [1.807, 2.05) is 0 Å². The molecule has 2 N–H and O–H groups in total. The smallest absolute Gasteiger partial charge is 0.331 e. The van der Waals surface area contributed by atoms with Gasteiger partial charge >= 0.3 is 5.97 Å². The van der Waals surface area contributed by atoms with E-state index in [9.17, 15) is 19.1 Å². The topological polar surface area (TPSA) is 75.6 Å². The van der Waals surface area contributed by atoms with Crippen molar-refractivity contribution in [3.05, 3.63) is 35.6 Å². The number of benzene rings is 1. The van der Waals surface area contributed by atoms with Crippen molar-refractivity contribution in [3.8, 4) is 0 Å². The lowest BCUT2D eigenvalue weighted by atomic mass is 10.1. The van der Waals surface area contributed by atoms with Gasteiger partial charge in [-0.1, -0.05) is 12.1 Å². The van der Waals surface area contributed by atoms with Crippen molar-refractivity contribution in [2.75, 3.05) is 7.11 Å². The molecule has 0 aliphatic heterocycles. The fraction of sp³-hybridized carbons (Fsp3) is 0.385. The zero-order valence-electron chi connectivity index (χ0n) is 10.7. The first-order valence-electron chi connectivity index (χ1n) is 5.73. The normalized spacial score (nSPS) is 13.5. The third-order valence-electron chi connectivity index (χ3n) is 2.53.